The Morgan fingerprint density at radius 2 is 1.86 bits per heavy atom. The predicted molar refractivity (Wildman–Crippen MR) is 101 cm³/mol. The summed E-state index contributed by atoms with van der Waals surface area (Å²) < 4.78 is 11.5. The SMILES string of the molecule is COC(=O)/C(=C\c1ccc(-n2cncn2)cc1)NC(=O)OCc1ccccc1. The number of hydrogen-bond donors (Lipinski definition) is 1. The van der Waals surface area contributed by atoms with E-state index in [2.05, 4.69) is 15.4 Å². The molecule has 2 aromatic carbocycles. The second-order valence-electron chi connectivity index (χ2n) is 5.67. The largest absolute Gasteiger partial charge is 0.464 e. The van der Waals surface area contributed by atoms with Gasteiger partial charge in [0.05, 0.1) is 12.8 Å². The lowest BCUT2D eigenvalue weighted by molar-refractivity contribution is -0.136. The smallest absolute Gasteiger partial charge is 0.412 e. The van der Waals surface area contributed by atoms with Gasteiger partial charge in [0.15, 0.2) is 0 Å². The van der Waals surface area contributed by atoms with Gasteiger partial charge >= 0.3 is 12.1 Å². The van der Waals surface area contributed by atoms with Crippen LogP contribution in [0.3, 0.4) is 0 Å². The van der Waals surface area contributed by atoms with E-state index >= 15 is 0 Å². The normalized spacial score (nSPS) is 11.0. The minimum atomic E-state index is -0.750. The number of esters is 1. The first-order valence-corrected chi connectivity index (χ1v) is 8.38. The Balaban J connectivity index is 1.68. The number of methoxy groups -OCH3 is 1. The second-order valence-corrected chi connectivity index (χ2v) is 5.67. The summed E-state index contributed by atoms with van der Waals surface area (Å²) >= 11 is 0. The number of carbonyl (C=O) groups is 2. The molecular weight excluding hydrogens is 360 g/mol. The number of nitrogens with one attached hydrogen (secondary N) is 1. The van der Waals surface area contributed by atoms with Crippen LogP contribution < -0.4 is 5.32 Å². The molecule has 0 aliphatic carbocycles. The maximum atomic E-state index is 12.0. The van der Waals surface area contributed by atoms with Gasteiger partial charge in [-0.25, -0.2) is 19.3 Å². The second kappa shape index (κ2) is 9.13. The molecule has 1 N–H and O–H groups in total. The predicted octanol–water partition coefficient (Wildman–Crippen LogP) is 2.71. The van der Waals surface area contributed by atoms with E-state index in [1.165, 1.54) is 19.5 Å². The third-order valence-electron chi connectivity index (χ3n) is 3.74. The first-order valence-electron chi connectivity index (χ1n) is 8.38. The summed E-state index contributed by atoms with van der Waals surface area (Å²) in [5.74, 6) is -0.683. The number of aromatic nitrogens is 3. The molecule has 0 saturated heterocycles. The van der Waals surface area contributed by atoms with E-state index in [0.717, 1.165) is 11.3 Å². The highest BCUT2D eigenvalue weighted by molar-refractivity contribution is 5.96. The topological polar surface area (TPSA) is 95.3 Å². The Bertz CT molecular complexity index is 952. The molecule has 0 bridgehead atoms. The van der Waals surface area contributed by atoms with Crippen molar-refractivity contribution in [3.05, 3.63) is 84.1 Å². The molecule has 142 valence electrons. The van der Waals surface area contributed by atoms with Crippen LogP contribution in [-0.4, -0.2) is 33.9 Å². The highest BCUT2D eigenvalue weighted by Crippen LogP contribution is 2.12. The molecule has 0 atom stereocenters. The lowest BCUT2D eigenvalue weighted by Crippen LogP contribution is -2.28. The van der Waals surface area contributed by atoms with Crippen molar-refractivity contribution in [2.24, 2.45) is 0 Å². The number of alkyl carbamates (subject to hydrolysis) is 1. The van der Waals surface area contributed by atoms with Gasteiger partial charge in [0, 0.05) is 0 Å². The van der Waals surface area contributed by atoms with Crippen molar-refractivity contribution in [1.29, 1.82) is 0 Å². The van der Waals surface area contributed by atoms with Gasteiger partial charge in [-0.05, 0) is 29.3 Å². The Hall–Kier alpha value is -3.94. The van der Waals surface area contributed by atoms with Crippen molar-refractivity contribution in [2.45, 2.75) is 6.61 Å². The molecule has 28 heavy (non-hydrogen) atoms. The summed E-state index contributed by atoms with van der Waals surface area (Å²) in [6, 6.07) is 16.4. The number of carbonyl (C=O) groups excluding carboxylic acids is 2. The number of nitrogens with zero attached hydrogens (tertiary/aromatic N) is 3. The quantitative estimate of drug-likeness (QED) is 0.523. The summed E-state index contributed by atoms with van der Waals surface area (Å²) in [6.07, 6.45) is 3.77. The van der Waals surface area contributed by atoms with Crippen LogP contribution >= 0.6 is 0 Å². The molecule has 0 unspecified atom stereocenters. The Labute approximate surface area is 161 Å². The average molecular weight is 378 g/mol. The highest BCUT2D eigenvalue weighted by Gasteiger charge is 2.14. The van der Waals surface area contributed by atoms with Gasteiger partial charge in [-0.1, -0.05) is 42.5 Å². The highest BCUT2D eigenvalue weighted by atomic mass is 16.6. The standard InChI is InChI=1S/C20H18N4O4/c1-27-19(25)18(23-20(26)28-12-16-5-3-2-4-6-16)11-15-7-9-17(10-8-15)24-14-21-13-22-24/h2-11,13-14H,12H2,1H3,(H,23,26)/b18-11+. The Morgan fingerprint density at radius 3 is 2.50 bits per heavy atom. The molecule has 8 heteroatoms. The number of benzene rings is 2. The lowest BCUT2D eigenvalue weighted by atomic mass is 10.1. The van der Waals surface area contributed by atoms with E-state index in [9.17, 15) is 9.59 Å². The number of amides is 1. The van der Waals surface area contributed by atoms with Crippen LogP contribution in [0.2, 0.25) is 0 Å². The van der Waals surface area contributed by atoms with Gasteiger partial charge in [-0.3, -0.25) is 5.32 Å². The van der Waals surface area contributed by atoms with Crippen molar-refractivity contribution in [2.75, 3.05) is 7.11 Å². The van der Waals surface area contributed by atoms with Crippen LogP contribution in [0, 0.1) is 0 Å². The first-order chi connectivity index (χ1) is 13.7. The molecule has 1 aromatic heterocycles. The number of hydrogen-bond acceptors (Lipinski definition) is 6. The van der Waals surface area contributed by atoms with Crippen molar-refractivity contribution in [3.63, 3.8) is 0 Å². The molecule has 3 rings (SSSR count). The fourth-order valence-corrected chi connectivity index (χ4v) is 2.36. The van der Waals surface area contributed by atoms with Crippen molar-refractivity contribution >= 4 is 18.1 Å². The van der Waals surface area contributed by atoms with E-state index in [4.69, 9.17) is 9.47 Å². The Morgan fingerprint density at radius 1 is 1.11 bits per heavy atom. The fourth-order valence-electron chi connectivity index (χ4n) is 2.36. The van der Waals surface area contributed by atoms with E-state index < -0.39 is 12.1 Å². The Kier molecular flexibility index (Phi) is 6.14. The monoisotopic (exact) mass is 378 g/mol. The van der Waals surface area contributed by atoms with Crippen LogP contribution in [0.15, 0.2) is 72.9 Å². The molecular formula is C20H18N4O4. The third-order valence-corrected chi connectivity index (χ3v) is 3.74. The summed E-state index contributed by atoms with van der Waals surface area (Å²) in [5, 5.41) is 6.47. The molecule has 1 amide bonds. The van der Waals surface area contributed by atoms with Gasteiger partial charge in [-0.2, -0.15) is 5.10 Å². The minimum absolute atomic E-state index is 0.0333. The summed E-state index contributed by atoms with van der Waals surface area (Å²) in [7, 11) is 1.24. The van der Waals surface area contributed by atoms with Crippen LogP contribution in [0.1, 0.15) is 11.1 Å². The molecule has 0 spiro atoms. The van der Waals surface area contributed by atoms with Crippen molar-refractivity contribution < 1.29 is 19.1 Å². The van der Waals surface area contributed by atoms with E-state index in [1.54, 1.807) is 23.1 Å². The van der Waals surface area contributed by atoms with Gasteiger partial charge in [0.1, 0.15) is 25.0 Å². The zero-order valence-corrected chi connectivity index (χ0v) is 15.1. The summed E-state index contributed by atoms with van der Waals surface area (Å²) in [5.41, 5.74) is 2.30. The van der Waals surface area contributed by atoms with E-state index in [1.807, 2.05) is 42.5 Å². The van der Waals surface area contributed by atoms with Gasteiger partial charge in [0.25, 0.3) is 0 Å². The average Bonchev–Trinajstić information content (AvgIpc) is 3.27. The van der Waals surface area contributed by atoms with Crippen LogP contribution in [-0.2, 0) is 20.9 Å². The molecule has 1 heterocycles. The third kappa shape index (κ3) is 5.04. The summed E-state index contributed by atoms with van der Waals surface area (Å²) in [6.45, 7) is 0.0910. The van der Waals surface area contributed by atoms with Crippen LogP contribution in [0.5, 0.6) is 0 Å². The molecule has 0 saturated carbocycles. The minimum Gasteiger partial charge on any atom is -0.464 e. The van der Waals surface area contributed by atoms with Gasteiger partial charge in [-0.15, -0.1) is 0 Å². The molecule has 0 radical (unpaired) electrons. The maximum absolute atomic E-state index is 12.0. The van der Waals surface area contributed by atoms with E-state index in [0.29, 0.717) is 5.56 Å². The van der Waals surface area contributed by atoms with E-state index in [-0.39, 0.29) is 12.3 Å². The van der Waals surface area contributed by atoms with Crippen LogP contribution in [0.4, 0.5) is 4.79 Å². The molecule has 8 nitrogen and oxygen atoms in total. The fraction of sp³-hybridized carbons (Fsp3) is 0.100. The molecule has 3 aromatic rings. The number of ether oxygens (including phenoxy) is 2. The zero-order chi connectivity index (χ0) is 19.8. The zero-order valence-electron chi connectivity index (χ0n) is 15.1. The van der Waals surface area contributed by atoms with Gasteiger partial charge < -0.3 is 9.47 Å². The molecule has 0 fully saturated rings. The van der Waals surface area contributed by atoms with Crippen LogP contribution in [0.25, 0.3) is 11.8 Å². The number of rotatable bonds is 6. The molecule has 0 aliphatic rings. The van der Waals surface area contributed by atoms with Crippen molar-refractivity contribution in [3.8, 4) is 5.69 Å². The maximum Gasteiger partial charge on any atom is 0.412 e. The molecule has 0 aliphatic heterocycles. The van der Waals surface area contributed by atoms with Crippen molar-refractivity contribution in [1.82, 2.24) is 20.1 Å². The summed E-state index contributed by atoms with van der Waals surface area (Å²) in [4.78, 5) is 27.9. The first kappa shape index (κ1) is 18.8. The lowest BCUT2D eigenvalue weighted by Gasteiger charge is -2.09. The van der Waals surface area contributed by atoms with Gasteiger partial charge in [0.2, 0.25) is 0 Å².